The van der Waals surface area contributed by atoms with Crippen molar-refractivity contribution in [3.05, 3.63) is 84.4 Å². The van der Waals surface area contributed by atoms with Gasteiger partial charge in [-0.25, -0.2) is 30.0 Å². The van der Waals surface area contributed by atoms with Gasteiger partial charge in [-0.05, 0) is 72.8 Å². The van der Waals surface area contributed by atoms with Gasteiger partial charge in [-0.15, -0.1) is 30.7 Å². The van der Waals surface area contributed by atoms with E-state index < -0.39 is 148 Å². The molecule has 5 aromatic rings. The lowest BCUT2D eigenvalue weighted by molar-refractivity contribution is -0.115. The lowest BCUT2D eigenvalue weighted by atomic mass is 10.1. The number of phenols is 3. The highest BCUT2D eigenvalue weighted by Gasteiger charge is 2.25. The van der Waals surface area contributed by atoms with Crippen molar-refractivity contribution in [3.63, 3.8) is 0 Å². The van der Waals surface area contributed by atoms with Crippen LogP contribution in [0.2, 0.25) is 0 Å². The number of carboxylic acid groups (broad SMARTS) is 1. The van der Waals surface area contributed by atoms with E-state index in [4.69, 9.17) is 9.11 Å². The lowest BCUT2D eigenvalue weighted by Gasteiger charge is -2.09. The summed E-state index contributed by atoms with van der Waals surface area (Å²) in [7, 11) is -23.9. The van der Waals surface area contributed by atoms with Gasteiger partial charge in [0.25, 0.3) is 10.1 Å². The molecule has 0 saturated heterocycles. The molecule has 0 heterocycles. The van der Waals surface area contributed by atoms with E-state index in [1.807, 2.05) is 0 Å². The van der Waals surface area contributed by atoms with Crippen LogP contribution in [0.15, 0.2) is 134 Å². The average Bonchev–Trinajstić information content (AvgIpc) is 3.29. The van der Waals surface area contributed by atoms with E-state index in [0.717, 1.165) is 56.3 Å². The Bertz CT molecular complexity index is 3870. The number of nitrogens with one attached hydrogen (secondary N) is 2. The number of anilines is 2. The van der Waals surface area contributed by atoms with Gasteiger partial charge in [0.15, 0.2) is 31.1 Å². The molecule has 0 unspecified atom stereocenters. The molecule has 5 rings (SSSR count). The molecule has 0 atom stereocenters. The number of azo groups is 4. The molecule has 37 heteroatoms. The number of aromatic carboxylic acids is 1. The van der Waals surface area contributed by atoms with Crippen LogP contribution in [0.4, 0.5) is 56.9 Å². The maximum Gasteiger partial charge on any atom is 0.397 e. The van der Waals surface area contributed by atoms with Crippen LogP contribution in [0.5, 0.6) is 17.2 Å². The van der Waals surface area contributed by atoms with Crippen molar-refractivity contribution in [2.45, 2.75) is 28.5 Å². The first-order valence-corrected chi connectivity index (χ1v) is 27.7. The van der Waals surface area contributed by atoms with Crippen molar-refractivity contribution in [2.75, 3.05) is 35.4 Å². The van der Waals surface area contributed by atoms with Crippen LogP contribution in [0.1, 0.15) is 24.2 Å². The van der Waals surface area contributed by atoms with Crippen LogP contribution in [-0.4, -0.2) is 119 Å². The molecular weight excluding hydrogens is 1120 g/mol. The Morgan fingerprint density at radius 2 is 0.921 bits per heavy atom. The molecule has 5 aromatic carbocycles. The number of hydrogen-bond acceptors (Lipinski definition) is 26. The Morgan fingerprint density at radius 3 is 1.36 bits per heavy atom. The zero-order chi connectivity index (χ0) is 56.6. The summed E-state index contributed by atoms with van der Waals surface area (Å²) in [6.07, 6.45) is 0. The first-order chi connectivity index (χ1) is 35.2. The molecule has 0 saturated carbocycles. The monoisotopic (exact) mass is 1160 g/mol. The summed E-state index contributed by atoms with van der Waals surface area (Å²) < 4.78 is 153. The van der Waals surface area contributed by atoms with Gasteiger partial charge >= 0.3 is 26.8 Å². The Hall–Kier alpha value is -8.14. The second-order valence-corrected chi connectivity index (χ2v) is 22.5. The summed E-state index contributed by atoms with van der Waals surface area (Å²) in [4.78, 5) is 34.2. The highest BCUT2D eigenvalue weighted by Crippen LogP contribution is 2.47. The molecule has 0 radical (unpaired) electrons. The van der Waals surface area contributed by atoms with Gasteiger partial charge < -0.3 is 31.1 Å². The normalized spacial score (nSPS) is 12.8. The quantitative estimate of drug-likeness (QED) is 0.0263. The Labute approximate surface area is 428 Å². The smallest absolute Gasteiger partial charge is 0.397 e. The van der Waals surface area contributed by atoms with Crippen LogP contribution in [0.3, 0.4) is 0 Å². The molecule has 0 bridgehead atoms. The molecule has 32 nitrogen and oxygen atoms in total. The van der Waals surface area contributed by atoms with Gasteiger partial charge in [0, 0.05) is 19.9 Å². The number of hydrogen-bond donors (Lipinski definition) is 9. The number of phenolic OH excluding ortho intramolecular Hbond substituents is 3. The fourth-order valence-corrected chi connectivity index (χ4v) is 9.59. The predicted molar refractivity (Wildman–Crippen MR) is 258 cm³/mol. The van der Waals surface area contributed by atoms with Gasteiger partial charge in [0.2, 0.25) is 11.8 Å². The Balaban J connectivity index is 1.43. The third kappa shape index (κ3) is 16.4. The highest BCUT2D eigenvalue weighted by atomic mass is 32.3. The van der Waals surface area contributed by atoms with Gasteiger partial charge in [-0.1, -0.05) is 0 Å². The van der Waals surface area contributed by atoms with Crippen molar-refractivity contribution in [2.24, 2.45) is 40.9 Å². The molecule has 0 spiro atoms. The summed E-state index contributed by atoms with van der Waals surface area (Å²) >= 11 is 0. The van der Waals surface area contributed by atoms with E-state index in [1.165, 1.54) is 24.3 Å². The third-order valence-corrected chi connectivity index (χ3v) is 14.3. The fraction of sp³-hybridized carbons (Fsp3) is 0.154. The molecule has 0 aliphatic rings. The number of carbonyl (C=O) groups excluding carboxylic acids is 2. The predicted octanol–water partition coefficient (Wildman–Crippen LogP) is 6.51. The number of sulfone groups is 2. The Kier molecular flexibility index (Phi) is 18.2. The summed E-state index contributed by atoms with van der Waals surface area (Å²) in [6, 6.07) is 12.7. The number of benzene rings is 5. The number of carboxylic acids is 1. The number of nitrogens with zero attached hydrogens (tertiary/aromatic N) is 8. The van der Waals surface area contributed by atoms with Gasteiger partial charge in [0.1, 0.15) is 44.8 Å². The van der Waals surface area contributed by atoms with E-state index >= 15 is 0 Å². The number of carbonyl (C=O) groups is 3. The summed E-state index contributed by atoms with van der Waals surface area (Å²) in [6.45, 7) is 0.226. The molecule has 0 aromatic heterocycles. The molecule has 9 N–H and O–H groups in total. The second kappa shape index (κ2) is 23.6. The largest absolute Gasteiger partial charge is 0.506 e. The van der Waals surface area contributed by atoms with E-state index in [2.05, 4.69) is 59.9 Å². The number of rotatable bonds is 22. The van der Waals surface area contributed by atoms with Crippen LogP contribution in [-0.2, 0) is 68.5 Å². The second-order valence-electron chi connectivity index (χ2n) is 14.8. The molecule has 404 valence electrons. The summed E-state index contributed by atoms with van der Waals surface area (Å²) in [5.74, 6) is -7.68. The van der Waals surface area contributed by atoms with Crippen molar-refractivity contribution >= 4 is 125 Å². The zero-order valence-electron chi connectivity index (χ0n) is 38.2. The Morgan fingerprint density at radius 1 is 0.500 bits per heavy atom. The van der Waals surface area contributed by atoms with E-state index in [9.17, 15) is 81.5 Å². The first-order valence-electron chi connectivity index (χ1n) is 20.2. The van der Waals surface area contributed by atoms with E-state index in [-0.39, 0.29) is 39.8 Å². The van der Waals surface area contributed by atoms with Gasteiger partial charge in [0.05, 0.1) is 62.8 Å². The SMILES string of the molecule is CC(=O)Nc1cc(N=Nc2c(C(=O)O)cc(O)c(N=Nc3ccc(N=Nc4ccc(S(=O)(=O)CCOS(=O)(=O)O)cc4S(=O)(=O)O)c(NC(C)=O)c3)c2O)ccc1N=Nc1ccc(S(=O)(=O)CCOS(=O)(=O)O)cc1O. The van der Waals surface area contributed by atoms with Crippen molar-refractivity contribution in [1.29, 1.82) is 0 Å². The van der Waals surface area contributed by atoms with Crippen LogP contribution in [0.25, 0.3) is 0 Å². The fourth-order valence-electron chi connectivity index (χ4n) is 5.85. The van der Waals surface area contributed by atoms with Gasteiger partial charge in [-0.3, -0.25) is 23.2 Å². The van der Waals surface area contributed by atoms with Crippen LogP contribution >= 0.6 is 0 Å². The van der Waals surface area contributed by atoms with Gasteiger partial charge in [-0.2, -0.15) is 35.5 Å². The molecule has 0 fully saturated rings. The number of aromatic hydroxyl groups is 3. The third-order valence-electron chi connectivity index (χ3n) is 9.14. The zero-order valence-corrected chi connectivity index (χ0v) is 42.3. The number of amides is 2. The minimum Gasteiger partial charge on any atom is -0.506 e. The summed E-state index contributed by atoms with van der Waals surface area (Å²) in [5.41, 5.74) is -4.04. The topological polar surface area (TPSA) is 505 Å². The van der Waals surface area contributed by atoms with Crippen molar-refractivity contribution in [3.8, 4) is 17.2 Å². The van der Waals surface area contributed by atoms with Crippen LogP contribution in [0, 0.1) is 0 Å². The van der Waals surface area contributed by atoms with Crippen molar-refractivity contribution < 1.29 is 98.9 Å². The summed E-state index contributed by atoms with van der Waals surface area (Å²) in [5, 5.41) is 78.0. The highest BCUT2D eigenvalue weighted by molar-refractivity contribution is 7.92. The van der Waals surface area contributed by atoms with Crippen LogP contribution < -0.4 is 10.6 Å². The molecular formula is C39H36N10O22S5. The van der Waals surface area contributed by atoms with E-state index in [1.54, 1.807) is 0 Å². The molecule has 0 aliphatic heterocycles. The molecule has 2 amide bonds. The maximum atomic E-state index is 12.7. The standard InChI is InChI=1S/C39H36N10O22S5/c1-20(50)40-31-15-22(3-7-27(31)44-46-29-9-5-24(17-33(29)52)72(57,58)13-11-70-75(64,65)66)42-48-36-26(39(55)56)19-34(53)37(38(36)54)49-43-23-4-8-28(32(16-23)41-21(2)51)45-47-30-10-6-25(18-35(30)74(61,62)63)73(59,60)14-12-71-76(67,68)69/h3-10,15-19,52-54H,11-14H2,1-2H3,(H,40,50)(H,41,51)(H,55,56)(H,61,62,63)(H,64,65,66)(H,67,68,69). The lowest BCUT2D eigenvalue weighted by Crippen LogP contribution is -2.16. The van der Waals surface area contributed by atoms with Crippen molar-refractivity contribution in [1.82, 2.24) is 0 Å². The average molecular weight is 1160 g/mol. The van der Waals surface area contributed by atoms with E-state index in [0.29, 0.717) is 12.1 Å². The molecule has 0 aliphatic carbocycles. The minimum atomic E-state index is -5.22. The minimum absolute atomic E-state index is 0.0774. The first kappa shape index (κ1) is 58.7. The molecule has 76 heavy (non-hydrogen) atoms. The maximum absolute atomic E-state index is 12.7.